The van der Waals surface area contributed by atoms with Gasteiger partial charge in [0.1, 0.15) is 5.82 Å². The Morgan fingerprint density at radius 3 is 2.81 bits per heavy atom. The minimum Gasteiger partial charge on any atom is -0.353 e. The number of anilines is 1. The first-order valence-corrected chi connectivity index (χ1v) is 6.05. The zero-order chi connectivity index (χ0) is 11.0. The lowest BCUT2D eigenvalue weighted by Crippen LogP contribution is -2.29. The van der Waals surface area contributed by atoms with Gasteiger partial charge in [-0.15, -0.1) is 0 Å². The van der Waals surface area contributed by atoms with Gasteiger partial charge in [-0.3, -0.25) is 4.79 Å². The van der Waals surface area contributed by atoms with Crippen LogP contribution in [0, 0.1) is 5.92 Å². The highest BCUT2D eigenvalue weighted by atomic mass is 16.1. The number of aldehydes is 1. The fourth-order valence-corrected chi connectivity index (χ4v) is 2.11. The summed E-state index contributed by atoms with van der Waals surface area (Å²) in [5.41, 5.74) is 0.732. The van der Waals surface area contributed by atoms with E-state index in [-0.39, 0.29) is 0 Å². The molecule has 0 aromatic carbocycles. The molecule has 1 heterocycles. The molecule has 3 nitrogen and oxygen atoms in total. The Balaban J connectivity index is 1.87. The third-order valence-electron chi connectivity index (χ3n) is 3.36. The van der Waals surface area contributed by atoms with Crippen molar-refractivity contribution in [3.8, 4) is 0 Å². The summed E-state index contributed by atoms with van der Waals surface area (Å²) in [5, 5.41) is 0. The van der Waals surface area contributed by atoms with Gasteiger partial charge in [-0.05, 0) is 43.7 Å². The van der Waals surface area contributed by atoms with E-state index < -0.39 is 0 Å². The first-order chi connectivity index (χ1) is 7.88. The minimum absolute atomic E-state index is 0.634. The number of pyridine rings is 1. The summed E-state index contributed by atoms with van der Waals surface area (Å²) < 4.78 is 0. The molecule has 0 radical (unpaired) electrons. The molecule has 2 saturated carbocycles. The second kappa shape index (κ2) is 3.89. The Morgan fingerprint density at radius 1 is 1.38 bits per heavy atom. The van der Waals surface area contributed by atoms with Gasteiger partial charge in [0.2, 0.25) is 0 Å². The van der Waals surface area contributed by atoms with Gasteiger partial charge in [0.05, 0.1) is 5.56 Å². The van der Waals surface area contributed by atoms with Gasteiger partial charge in [-0.1, -0.05) is 0 Å². The predicted molar refractivity (Wildman–Crippen MR) is 62.7 cm³/mol. The molecular weight excluding hydrogens is 200 g/mol. The summed E-state index contributed by atoms with van der Waals surface area (Å²) in [6, 6.07) is 4.32. The summed E-state index contributed by atoms with van der Waals surface area (Å²) in [5.74, 6) is 1.73. The lowest BCUT2D eigenvalue weighted by atomic mass is 10.2. The number of hydrogen-bond acceptors (Lipinski definition) is 3. The first kappa shape index (κ1) is 9.82. The lowest BCUT2D eigenvalue weighted by molar-refractivity contribution is 0.112. The highest BCUT2D eigenvalue weighted by Gasteiger charge is 2.35. The van der Waals surface area contributed by atoms with Crippen molar-refractivity contribution in [2.45, 2.75) is 31.7 Å². The quantitative estimate of drug-likeness (QED) is 0.708. The first-order valence-electron chi connectivity index (χ1n) is 6.05. The Kier molecular flexibility index (Phi) is 2.39. The maximum Gasteiger partial charge on any atom is 0.153 e. The van der Waals surface area contributed by atoms with E-state index in [2.05, 4.69) is 9.88 Å². The van der Waals surface area contributed by atoms with Gasteiger partial charge in [0.15, 0.2) is 6.29 Å². The smallest absolute Gasteiger partial charge is 0.153 e. The van der Waals surface area contributed by atoms with Crippen LogP contribution in [0.25, 0.3) is 0 Å². The molecule has 0 unspecified atom stereocenters. The van der Waals surface area contributed by atoms with Crippen LogP contribution in [0.3, 0.4) is 0 Å². The molecule has 0 atom stereocenters. The van der Waals surface area contributed by atoms with Gasteiger partial charge in [-0.25, -0.2) is 4.98 Å². The van der Waals surface area contributed by atoms with Gasteiger partial charge in [-0.2, -0.15) is 0 Å². The van der Waals surface area contributed by atoms with Crippen molar-refractivity contribution in [3.05, 3.63) is 23.9 Å². The minimum atomic E-state index is 0.634. The number of carbonyl (C=O) groups is 1. The fourth-order valence-electron chi connectivity index (χ4n) is 2.11. The highest BCUT2D eigenvalue weighted by Crippen LogP contribution is 2.37. The summed E-state index contributed by atoms with van der Waals surface area (Å²) in [6.45, 7) is 1.09. The van der Waals surface area contributed by atoms with Crippen LogP contribution in [-0.2, 0) is 0 Å². The van der Waals surface area contributed by atoms with Crippen molar-refractivity contribution in [2.75, 3.05) is 11.4 Å². The van der Waals surface area contributed by atoms with E-state index in [1.54, 1.807) is 6.20 Å². The molecule has 2 fully saturated rings. The number of rotatable bonds is 5. The lowest BCUT2D eigenvalue weighted by Gasteiger charge is -2.24. The van der Waals surface area contributed by atoms with Crippen LogP contribution in [0.4, 0.5) is 5.82 Å². The van der Waals surface area contributed by atoms with E-state index in [9.17, 15) is 4.79 Å². The standard InChI is InChI=1S/C13H16N2O/c16-9-11-2-1-7-14-13(11)15(12-5-6-12)8-10-3-4-10/h1-2,7,9-10,12H,3-6,8H2. The number of aromatic nitrogens is 1. The second-order valence-electron chi connectivity index (χ2n) is 4.86. The molecule has 2 aliphatic carbocycles. The number of nitrogens with zero attached hydrogens (tertiary/aromatic N) is 2. The average Bonchev–Trinajstić information content (AvgIpc) is 3.16. The number of carbonyl (C=O) groups excluding carboxylic acids is 1. The molecule has 1 aromatic heterocycles. The molecular formula is C13H16N2O. The van der Waals surface area contributed by atoms with Gasteiger partial charge >= 0.3 is 0 Å². The van der Waals surface area contributed by atoms with Crippen LogP contribution >= 0.6 is 0 Å². The van der Waals surface area contributed by atoms with Crippen molar-refractivity contribution in [3.63, 3.8) is 0 Å². The van der Waals surface area contributed by atoms with E-state index in [0.717, 1.165) is 30.1 Å². The van der Waals surface area contributed by atoms with Crippen molar-refractivity contribution < 1.29 is 4.79 Å². The Hall–Kier alpha value is -1.38. The monoisotopic (exact) mass is 216 g/mol. The van der Waals surface area contributed by atoms with Gasteiger partial charge in [0, 0.05) is 18.8 Å². The molecule has 84 valence electrons. The highest BCUT2D eigenvalue weighted by molar-refractivity contribution is 5.82. The van der Waals surface area contributed by atoms with Crippen LogP contribution in [0.5, 0.6) is 0 Å². The maximum atomic E-state index is 11.0. The Morgan fingerprint density at radius 2 is 2.19 bits per heavy atom. The van der Waals surface area contributed by atoms with Gasteiger partial charge in [0.25, 0.3) is 0 Å². The average molecular weight is 216 g/mol. The molecule has 3 rings (SSSR count). The van der Waals surface area contributed by atoms with Crippen molar-refractivity contribution in [1.29, 1.82) is 0 Å². The van der Waals surface area contributed by atoms with Crippen LogP contribution < -0.4 is 4.90 Å². The fraction of sp³-hybridized carbons (Fsp3) is 0.538. The van der Waals surface area contributed by atoms with Crippen molar-refractivity contribution in [2.24, 2.45) is 5.92 Å². The molecule has 2 aliphatic rings. The molecule has 0 amide bonds. The molecule has 0 saturated heterocycles. The van der Waals surface area contributed by atoms with Crippen LogP contribution in [0.1, 0.15) is 36.0 Å². The second-order valence-corrected chi connectivity index (χ2v) is 4.86. The van der Waals surface area contributed by atoms with E-state index >= 15 is 0 Å². The molecule has 0 bridgehead atoms. The Labute approximate surface area is 95.5 Å². The largest absolute Gasteiger partial charge is 0.353 e. The van der Waals surface area contributed by atoms with Crippen molar-refractivity contribution >= 4 is 12.1 Å². The normalized spacial score (nSPS) is 19.5. The third-order valence-corrected chi connectivity index (χ3v) is 3.36. The van der Waals surface area contributed by atoms with Crippen LogP contribution in [-0.4, -0.2) is 23.9 Å². The van der Waals surface area contributed by atoms with Crippen LogP contribution in [0.15, 0.2) is 18.3 Å². The van der Waals surface area contributed by atoms with E-state index in [0.29, 0.717) is 6.04 Å². The van der Waals surface area contributed by atoms with E-state index in [1.165, 1.54) is 25.7 Å². The molecule has 0 aliphatic heterocycles. The molecule has 0 N–H and O–H groups in total. The van der Waals surface area contributed by atoms with E-state index in [1.807, 2.05) is 12.1 Å². The summed E-state index contributed by atoms with van der Waals surface area (Å²) in [7, 11) is 0. The Bertz CT molecular complexity index is 397. The summed E-state index contributed by atoms with van der Waals surface area (Å²) in [4.78, 5) is 17.7. The summed E-state index contributed by atoms with van der Waals surface area (Å²) in [6.07, 6.45) is 7.89. The predicted octanol–water partition coefficient (Wildman–Crippen LogP) is 2.27. The molecule has 0 spiro atoms. The van der Waals surface area contributed by atoms with Crippen molar-refractivity contribution in [1.82, 2.24) is 4.98 Å². The summed E-state index contributed by atoms with van der Waals surface area (Å²) >= 11 is 0. The van der Waals surface area contributed by atoms with E-state index in [4.69, 9.17) is 0 Å². The maximum absolute atomic E-state index is 11.0. The molecule has 3 heteroatoms. The van der Waals surface area contributed by atoms with Gasteiger partial charge < -0.3 is 4.90 Å². The topological polar surface area (TPSA) is 33.2 Å². The zero-order valence-electron chi connectivity index (χ0n) is 9.30. The molecule has 1 aromatic rings. The molecule has 16 heavy (non-hydrogen) atoms. The number of hydrogen-bond donors (Lipinski definition) is 0. The zero-order valence-corrected chi connectivity index (χ0v) is 9.30. The third kappa shape index (κ3) is 1.94. The van der Waals surface area contributed by atoms with Crippen LogP contribution in [0.2, 0.25) is 0 Å². The SMILES string of the molecule is O=Cc1cccnc1N(CC1CC1)C1CC1.